The first-order valence-corrected chi connectivity index (χ1v) is 7.99. The van der Waals surface area contributed by atoms with Crippen molar-refractivity contribution in [3.05, 3.63) is 52.8 Å². The number of nitrogens with one attached hydrogen (secondary N) is 1. The van der Waals surface area contributed by atoms with Gasteiger partial charge in [0.2, 0.25) is 0 Å². The fraction of sp³-hybridized carbons (Fsp3) is 0.250. The normalized spacial score (nSPS) is 13.9. The van der Waals surface area contributed by atoms with Crippen LogP contribution in [0.25, 0.3) is 4.96 Å². The fourth-order valence-electron chi connectivity index (χ4n) is 2.78. The number of benzene rings is 1. The molecule has 4 rings (SSSR count). The van der Waals surface area contributed by atoms with Gasteiger partial charge >= 0.3 is 0 Å². The Balaban J connectivity index is 1.58. The first-order chi connectivity index (χ1) is 10.3. The van der Waals surface area contributed by atoms with E-state index in [1.54, 1.807) is 11.3 Å². The number of ketones is 1. The Labute approximate surface area is 126 Å². The van der Waals surface area contributed by atoms with Crippen LogP contribution in [-0.2, 0) is 12.8 Å². The monoisotopic (exact) mass is 297 g/mol. The van der Waals surface area contributed by atoms with Gasteiger partial charge in [-0.05, 0) is 36.6 Å². The van der Waals surface area contributed by atoms with Crippen LogP contribution in [0.15, 0.2) is 36.0 Å². The van der Waals surface area contributed by atoms with Crippen LogP contribution >= 0.6 is 11.3 Å². The molecule has 5 heteroatoms. The summed E-state index contributed by atoms with van der Waals surface area (Å²) in [5.41, 5.74) is 4.04. The third-order valence-electron chi connectivity index (χ3n) is 3.85. The average molecular weight is 297 g/mol. The Kier molecular flexibility index (Phi) is 3.00. The van der Waals surface area contributed by atoms with Crippen LogP contribution in [0.1, 0.15) is 28.0 Å². The van der Waals surface area contributed by atoms with Gasteiger partial charge in [-0.2, -0.15) is 0 Å². The molecule has 0 fully saturated rings. The summed E-state index contributed by atoms with van der Waals surface area (Å²) >= 11 is 1.58. The number of anilines is 1. The number of carbonyl (C=O) groups excluding carboxylic acids is 1. The molecule has 0 aliphatic carbocycles. The van der Waals surface area contributed by atoms with E-state index < -0.39 is 0 Å². The molecule has 1 N–H and O–H groups in total. The maximum atomic E-state index is 12.4. The number of Topliss-reactive ketones (excluding diaryl/α,β-unsaturated/α-hetero) is 1. The first-order valence-electron chi connectivity index (χ1n) is 7.11. The van der Waals surface area contributed by atoms with Crippen molar-refractivity contribution in [1.29, 1.82) is 0 Å². The number of carbonyl (C=O) groups is 1. The standard InChI is InChI=1S/C16H15N3OS/c20-15(9-13-10-19-6-7-21-16(19)18-13)12-3-4-14-11(8-12)2-1-5-17-14/h3-4,6-8,10,17H,1-2,5,9H2. The lowest BCUT2D eigenvalue weighted by Gasteiger charge is -2.18. The molecule has 0 saturated heterocycles. The maximum absolute atomic E-state index is 12.4. The first kappa shape index (κ1) is 12.6. The Morgan fingerprint density at radius 1 is 1.43 bits per heavy atom. The molecule has 2 aromatic heterocycles. The highest BCUT2D eigenvalue weighted by Gasteiger charge is 2.14. The number of hydrogen-bond acceptors (Lipinski definition) is 4. The minimum Gasteiger partial charge on any atom is -0.385 e. The number of aryl methyl sites for hydroxylation is 1. The molecule has 0 amide bonds. The van der Waals surface area contributed by atoms with E-state index in [9.17, 15) is 4.79 Å². The average Bonchev–Trinajstić information content (AvgIpc) is 3.08. The van der Waals surface area contributed by atoms with E-state index in [4.69, 9.17) is 0 Å². The van der Waals surface area contributed by atoms with Crippen molar-refractivity contribution in [2.75, 3.05) is 11.9 Å². The summed E-state index contributed by atoms with van der Waals surface area (Å²) in [7, 11) is 0. The lowest BCUT2D eigenvalue weighted by Crippen LogP contribution is -2.13. The predicted octanol–water partition coefficient (Wildman–Crippen LogP) is 3.18. The Morgan fingerprint density at radius 2 is 2.38 bits per heavy atom. The van der Waals surface area contributed by atoms with E-state index in [2.05, 4.69) is 10.3 Å². The minimum absolute atomic E-state index is 0.133. The van der Waals surface area contributed by atoms with E-state index in [1.165, 1.54) is 11.3 Å². The topological polar surface area (TPSA) is 46.4 Å². The Bertz CT molecular complexity index is 789. The minimum atomic E-state index is 0.133. The molecule has 0 bridgehead atoms. The van der Waals surface area contributed by atoms with Gasteiger partial charge in [-0.15, -0.1) is 11.3 Å². The van der Waals surface area contributed by atoms with Crippen molar-refractivity contribution >= 4 is 27.8 Å². The zero-order chi connectivity index (χ0) is 14.2. The van der Waals surface area contributed by atoms with Gasteiger partial charge in [-0.3, -0.25) is 9.20 Å². The number of fused-ring (bicyclic) bond motifs is 2. The number of nitrogens with zero attached hydrogens (tertiary/aromatic N) is 2. The van der Waals surface area contributed by atoms with Crippen LogP contribution in [0.2, 0.25) is 0 Å². The SMILES string of the molecule is O=C(Cc1cn2ccsc2n1)c1ccc2c(c1)CCCN2. The number of thiazole rings is 1. The molecule has 0 spiro atoms. The summed E-state index contributed by atoms with van der Waals surface area (Å²) in [6, 6.07) is 5.97. The molecule has 0 unspecified atom stereocenters. The summed E-state index contributed by atoms with van der Waals surface area (Å²) in [5.74, 6) is 0.133. The van der Waals surface area contributed by atoms with Crippen molar-refractivity contribution in [2.45, 2.75) is 19.3 Å². The molecule has 1 aliphatic rings. The molecule has 0 atom stereocenters. The van der Waals surface area contributed by atoms with Gasteiger partial charge in [0.25, 0.3) is 0 Å². The maximum Gasteiger partial charge on any atom is 0.193 e. The summed E-state index contributed by atoms with van der Waals surface area (Å²) in [5, 5.41) is 5.36. The molecule has 0 saturated carbocycles. The number of aromatic nitrogens is 2. The molecular weight excluding hydrogens is 282 g/mol. The molecular formula is C16H15N3OS. The zero-order valence-electron chi connectivity index (χ0n) is 11.5. The second kappa shape index (κ2) is 5.00. The lowest BCUT2D eigenvalue weighted by atomic mass is 9.98. The zero-order valence-corrected chi connectivity index (χ0v) is 12.3. The van der Waals surface area contributed by atoms with Gasteiger partial charge in [0.1, 0.15) is 0 Å². The quantitative estimate of drug-likeness (QED) is 0.755. The summed E-state index contributed by atoms with van der Waals surface area (Å²) in [6.07, 6.45) is 6.43. The highest BCUT2D eigenvalue weighted by atomic mass is 32.1. The van der Waals surface area contributed by atoms with Gasteiger partial charge in [-0.25, -0.2) is 4.98 Å². The predicted molar refractivity (Wildman–Crippen MR) is 84.4 cm³/mol. The van der Waals surface area contributed by atoms with Gasteiger partial charge in [0.05, 0.1) is 12.1 Å². The van der Waals surface area contributed by atoms with Crippen LogP contribution in [0, 0.1) is 0 Å². The van der Waals surface area contributed by atoms with Crippen LogP contribution < -0.4 is 5.32 Å². The van der Waals surface area contributed by atoms with Gasteiger partial charge in [0.15, 0.2) is 10.7 Å². The van der Waals surface area contributed by atoms with Gasteiger partial charge in [0, 0.05) is 35.6 Å². The van der Waals surface area contributed by atoms with Crippen molar-refractivity contribution in [3.63, 3.8) is 0 Å². The van der Waals surface area contributed by atoms with E-state index in [1.807, 2.05) is 40.4 Å². The highest BCUT2D eigenvalue weighted by Crippen LogP contribution is 2.23. The molecule has 3 heterocycles. The molecule has 0 radical (unpaired) electrons. The number of rotatable bonds is 3. The lowest BCUT2D eigenvalue weighted by molar-refractivity contribution is 0.0992. The van der Waals surface area contributed by atoms with Crippen LogP contribution in [0.5, 0.6) is 0 Å². The summed E-state index contributed by atoms with van der Waals surface area (Å²) in [4.78, 5) is 17.8. The summed E-state index contributed by atoms with van der Waals surface area (Å²) in [6.45, 7) is 1.02. The number of hydrogen-bond donors (Lipinski definition) is 1. The third-order valence-corrected chi connectivity index (χ3v) is 4.62. The van der Waals surface area contributed by atoms with Crippen LogP contribution in [-0.4, -0.2) is 21.7 Å². The molecule has 3 aromatic rings. The highest BCUT2D eigenvalue weighted by molar-refractivity contribution is 7.15. The molecule has 1 aromatic carbocycles. The van der Waals surface area contributed by atoms with Crippen LogP contribution in [0.3, 0.4) is 0 Å². The molecule has 106 valence electrons. The number of imidazole rings is 1. The molecule has 1 aliphatic heterocycles. The largest absolute Gasteiger partial charge is 0.385 e. The smallest absolute Gasteiger partial charge is 0.193 e. The third kappa shape index (κ3) is 2.34. The second-order valence-electron chi connectivity index (χ2n) is 5.33. The Morgan fingerprint density at radius 3 is 3.29 bits per heavy atom. The van der Waals surface area contributed by atoms with Gasteiger partial charge in [-0.1, -0.05) is 0 Å². The van der Waals surface area contributed by atoms with E-state index in [0.29, 0.717) is 6.42 Å². The van der Waals surface area contributed by atoms with E-state index in [-0.39, 0.29) is 5.78 Å². The second-order valence-corrected chi connectivity index (χ2v) is 6.20. The van der Waals surface area contributed by atoms with E-state index in [0.717, 1.165) is 35.6 Å². The molecule has 4 nitrogen and oxygen atoms in total. The van der Waals surface area contributed by atoms with Crippen molar-refractivity contribution in [2.24, 2.45) is 0 Å². The molecule has 21 heavy (non-hydrogen) atoms. The summed E-state index contributed by atoms with van der Waals surface area (Å²) < 4.78 is 1.96. The van der Waals surface area contributed by atoms with Crippen LogP contribution in [0.4, 0.5) is 5.69 Å². The Hall–Kier alpha value is -2.14. The van der Waals surface area contributed by atoms with Crippen molar-refractivity contribution in [3.8, 4) is 0 Å². The fourth-order valence-corrected chi connectivity index (χ4v) is 3.50. The van der Waals surface area contributed by atoms with Gasteiger partial charge < -0.3 is 5.32 Å². The van der Waals surface area contributed by atoms with E-state index >= 15 is 0 Å². The van der Waals surface area contributed by atoms with Crippen molar-refractivity contribution in [1.82, 2.24) is 9.38 Å². The van der Waals surface area contributed by atoms with Crippen molar-refractivity contribution < 1.29 is 4.79 Å².